The Morgan fingerprint density at radius 2 is 1.88 bits per heavy atom. The van der Waals surface area contributed by atoms with Crippen LogP contribution in [0.2, 0.25) is 0 Å². The van der Waals surface area contributed by atoms with Crippen LogP contribution >= 0.6 is 15.9 Å². The highest BCUT2D eigenvalue weighted by molar-refractivity contribution is 9.10. The van der Waals surface area contributed by atoms with Crippen molar-refractivity contribution in [2.24, 2.45) is 0 Å². The fourth-order valence-corrected chi connectivity index (χ4v) is 2.02. The van der Waals surface area contributed by atoms with Gasteiger partial charge < -0.3 is 10.8 Å². The highest BCUT2D eigenvalue weighted by Crippen LogP contribution is 2.32. The summed E-state index contributed by atoms with van der Waals surface area (Å²) >= 11 is 3.36. The molecule has 0 bridgehead atoms. The first-order valence-electron chi connectivity index (χ1n) is 5.21. The van der Waals surface area contributed by atoms with E-state index in [9.17, 15) is 5.11 Å². The van der Waals surface area contributed by atoms with Gasteiger partial charge in [-0.05, 0) is 30.7 Å². The van der Waals surface area contributed by atoms with E-state index in [-0.39, 0.29) is 0 Å². The molecule has 0 fully saturated rings. The minimum absolute atomic E-state index is 0.348. The number of aliphatic hydroxyl groups is 1. The zero-order chi connectivity index (χ0) is 12.5. The van der Waals surface area contributed by atoms with Gasteiger partial charge in [-0.25, -0.2) is 4.98 Å². The Morgan fingerprint density at radius 3 is 2.47 bits per heavy atom. The molecule has 0 saturated carbocycles. The Kier molecular flexibility index (Phi) is 3.17. The number of hydrogen-bond donors (Lipinski definition) is 2. The van der Waals surface area contributed by atoms with Crippen LogP contribution in [0.5, 0.6) is 0 Å². The summed E-state index contributed by atoms with van der Waals surface area (Å²) in [6.45, 7) is 1.71. The van der Waals surface area contributed by atoms with Crippen molar-refractivity contribution < 1.29 is 5.11 Å². The minimum Gasteiger partial charge on any atom is -0.383 e. The smallest absolute Gasteiger partial charge is 0.129 e. The second-order valence-corrected chi connectivity index (χ2v) is 4.93. The number of anilines is 1. The predicted octanol–water partition coefficient (Wildman–Crippen LogP) is 2.68. The summed E-state index contributed by atoms with van der Waals surface area (Å²) in [7, 11) is 0. The van der Waals surface area contributed by atoms with E-state index in [1.807, 2.05) is 24.3 Å². The first-order valence-corrected chi connectivity index (χ1v) is 6.00. The largest absolute Gasteiger partial charge is 0.383 e. The Morgan fingerprint density at radius 1 is 1.24 bits per heavy atom. The van der Waals surface area contributed by atoms with Gasteiger partial charge in [-0.3, -0.25) is 0 Å². The fraction of sp³-hybridized carbons (Fsp3) is 0.154. The maximum Gasteiger partial charge on any atom is 0.129 e. The third-order valence-electron chi connectivity index (χ3n) is 2.77. The zero-order valence-corrected chi connectivity index (χ0v) is 11.0. The van der Waals surface area contributed by atoms with Crippen LogP contribution in [0.25, 0.3) is 0 Å². The van der Waals surface area contributed by atoms with Gasteiger partial charge in [0.25, 0.3) is 0 Å². The van der Waals surface area contributed by atoms with Gasteiger partial charge in [0.05, 0.1) is 0 Å². The summed E-state index contributed by atoms with van der Waals surface area (Å²) in [6.07, 6.45) is 1.61. The first kappa shape index (κ1) is 12.1. The van der Waals surface area contributed by atoms with Crippen molar-refractivity contribution in [3.63, 3.8) is 0 Å². The molecule has 1 aromatic heterocycles. The molecule has 4 heteroatoms. The molecule has 2 aromatic rings. The van der Waals surface area contributed by atoms with Gasteiger partial charge in [0.1, 0.15) is 11.4 Å². The van der Waals surface area contributed by atoms with Gasteiger partial charge in [-0.1, -0.05) is 34.1 Å². The summed E-state index contributed by atoms with van der Waals surface area (Å²) < 4.78 is 0.969. The number of nitrogens with two attached hydrogens (primary N) is 1. The lowest BCUT2D eigenvalue weighted by atomic mass is 9.88. The molecular formula is C13H13BrN2O. The molecule has 0 aliphatic rings. The monoisotopic (exact) mass is 292 g/mol. The van der Waals surface area contributed by atoms with E-state index in [0.29, 0.717) is 11.4 Å². The average molecular weight is 293 g/mol. The maximum absolute atomic E-state index is 10.6. The van der Waals surface area contributed by atoms with Crippen LogP contribution in [0, 0.1) is 0 Å². The van der Waals surface area contributed by atoms with Crippen LogP contribution in [0.3, 0.4) is 0 Å². The molecule has 0 saturated heterocycles. The number of benzene rings is 1. The minimum atomic E-state index is -1.14. The number of aromatic nitrogens is 1. The van der Waals surface area contributed by atoms with Crippen molar-refractivity contribution in [1.82, 2.24) is 4.98 Å². The standard InChI is InChI=1S/C13H13BrN2O/c1-13(17,9-4-6-10(14)7-5-9)11-3-2-8-16-12(11)15/h2-8,17H,1H3,(H2,15,16). The van der Waals surface area contributed by atoms with Crippen molar-refractivity contribution in [3.8, 4) is 0 Å². The summed E-state index contributed by atoms with van der Waals surface area (Å²) in [6, 6.07) is 11.0. The molecule has 0 spiro atoms. The van der Waals surface area contributed by atoms with Crippen LogP contribution in [0.1, 0.15) is 18.1 Å². The number of pyridine rings is 1. The highest BCUT2D eigenvalue weighted by Gasteiger charge is 2.27. The molecule has 1 heterocycles. The molecule has 2 rings (SSSR count). The van der Waals surface area contributed by atoms with E-state index in [1.165, 1.54) is 0 Å². The fourth-order valence-electron chi connectivity index (χ4n) is 1.76. The molecule has 0 aliphatic carbocycles. The maximum atomic E-state index is 10.6. The lowest BCUT2D eigenvalue weighted by molar-refractivity contribution is 0.103. The van der Waals surface area contributed by atoms with Gasteiger partial charge in [-0.2, -0.15) is 0 Å². The Hall–Kier alpha value is -1.39. The number of nitrogens with zero attached hydrogens (tertiary/aromatic N) is 1. The lowest BCUT2D eigenvalue weighted by Gasteiger charge is -2.25. The lowest BCUT2D eigenvalue weighted by Crippen LogP contribution is -2.24. The van der Waals surface area contributed by atoms with Crippen molar-refractivity contribution >= 4 is 21.7 Å². The van der Waals surface area contributed by atoms with E-state index in [4.69, 9.17) is 5.73 Å². The molecule has 1 aromatic carbocycles. The summed E-state index contributed by atoms with van der Waals surface area (Å²) in [5.74, 6) is 0.348. The summed E-state index contributed by atoms with van der Waals surface area (Å²) in [5, 5.41) is 10.6. The Bertz CT molecular complexity index is 523. The van der Waals surface area contributed by atoms with Crippen molar-refractivity contribution in [3.05, 3.63) is 58.2 Å². The zero-order valence-electron chi connectivity index (χ0n) is 9.39. The van der Waals surface area contributed by atoms with E-state index in [0.717, 1.165) is 10.0 Å². The van der Waals surface area contributed by atoms with E-state index in [2.05, 4.69) is 20.9 Å². The molecular weight excluding hydrogens is 280 g/mol. The van der Waals surface area contributed by atoms with Crippen LogP contribution in [-0.2, 0) is 5.60 Å². The van der Waals surface area contributed by atoms with Crippen LogP contribution in [-0.4, -0.2) is 10.1 Å². The van der Waals surface area contributed by atoms with Crippen LogP contribution in [0.4, 0.5) is 5.82 Å². The number of halogens is 1. The molecule has 1 atom stereocenters. The molecule has 17 heavy (non-hydrogen) atoms. The quantitative estimate of drug-likeness (QED) is 0.895. The summed E-state index contributed by atoms with van der Waals surface area (Å²) in [4.78, 5) is 4.00. The van der Waals surface area contributed by atoms with Crippen molar-refractivity contribution in [2.45, 2.75) is 12.5 Å². The molecule has 0 amide bonds. The number of nitrogen functional groups attached to an aromatic ring is 1. The van der Waals surface area contributed by atoms with Crippen LogP contribution in [0.15, 0.2) is 47.1 Å². The van der Waals surface area contributed by atoms with E-state index in [1.54, 1.807) is 25.3 Å². The van der Waals surface area contributed by atoms with Gasteiger partial charge in [0, 0.05) is 16.2 Å². The Labute approximate surface area is 108 Å². The predicted molar refractivity (Wildman–Crippen MR) is 71.5 cm³/mol. The molecule has 0 radical (unpaired) electrons. The number of hydrogen-bond acceptors (Lipinski definition) is 3. The van der Waals surface area contributed by atoms with Gasteiger partial charge in [0.2, 0.25) is 0 Å². The van der Waals surface area contributed by atoms with Gasteiger partial charge in [0.15, 0.2) is 0 Å². The SMILES string of the molecule is CC(O)(c1ccc(Br)cc1)c1cccnc1N. The first-order chi connectivity index (χ1) is 8.01. The number of rotatable bonds is 2. The second kappa shape index (κ2) is 4.47. The van der Waals surface area contributed by atoms with Crippen LogP contribution < -0.4 is 5.73 Å². The van der Waals surface area contributed by atoms with Crippen molar-refractivity contribution in [1.29, 1.82) is 0 Å². The van der Waals surface area contributed by atoms with E-state index < -0.39 is 5.60 Å². The van der Waals surface area contributed by atoms with Gasteiger partial charge in [-0.15, -0.1) is 0 Å². The Balaban J connectivity index is 2.49. The normalized spacial score (nSPS) is 14.3. The topological polar surface area (TPSA) is 59.1 Å². The molecule has 0 aliphatic heterocycles. The molecule has 88 valence electrons. The average Bonchev–Trinajstić information content (AvgIpc) is 2.30. The van der Waals surface area contributed by atoms with Crippen molar-refractivity contribution in [2.75, 3.05) is 5.73 Å². The third-order valence-corrected chi connectivity index (χ3v) is 3.30. The highest BCUT2D eigenvalue weighted by atomic mass is 79.9. The molecule has 1 unspecified atom stereocenters. The summed E-state index contributed by atoms with van der Waals surface area (Å²) in [5.41, 5.74) is 6.05. The second-order valence-electron chi connectivity index (χ2n) is 4.02. The molecule has 3 N–H and O–H groups in total. The third kappa shape index (κ3) is 2.33. The molecule has 3 nitrogen and oxygen atoms in total. The van der Waals surface area contributed by atoms with E-state index >= 15 is 0 Å². The van der Waals surface area contributed by atoms with Gasteiger partial charge >= 0.3 is 0 Å².